The lowest BCUT2D eigenvalue weighted by molar-refractivity contribution is -0.328. The van der Waals surface area contributed by atoms with Gasteiger partial charge >= 0.3 is 12.4 Å². The van der Waals surface area contributed by atoms with E-state index in [-0.39, 0.29) is 12.1 Å². The molecule has 2 fully saturated rings. The van der Waals surface area contributed by atoms with Crippen molar-refractivity contribution in [3.8, 4) is 0 Å². The number of hydrogen-bond donors (Lipinski definition) is 1. The standard InChI is InChI=1S/C8H11F3N2O2/c9-8(10,11)15-4-6-2-1-5-3-13(6)7(14)12-5/h5-6H,1-4H2,(H,12,14)/t5-,6-/m0/s1. The van der Waals surface area contributed by atoms with Crippen molar-refractivity contribution in [2.24, 2.45) is 0 Å². The number of halogens is 3. The summed E-state index contributed by atoms with van der Waals surface area (Å²) < 4.78 is 39.2. The number of ether oxygens (including phenoxy) is 1. The number of fused-ring (bicyclic) bond motifs is 2. The smallest absolute Gasteiger partial charge is 0.333 e. The molecular formula is C8H11F3N2O2. The number of carbonyl (C=O) groups is 1. The Morgan fingerprint density at radius 1 is 1.47 bits per heavy atom. The Balaban J connectivity index is 1.90. The Hall–Kier alpha value is -0.980. The van der Waals surface area contributed by atoms with Gasteiger partial charge in [-0.15, -0.1) is 13.2 Å². The summed E-state index contributed by atoms with van der Waals surface area (Å²) in [6.07, 6.45) is -3.35. The van der Waals surface area contributed by atoms with Crippen LogP contribution in [0.25, 0.3) is 0 Å². The first kappa shape index (κ1) is 10.5. The van der Waals surface area contributed by atoms with E-state index in [0.29, 0.717) is 19.4 Å². The molecule has 0 aliphatic carbocycles. The molecule has 4 nitrogen and oxygen atoms in total. The molecule has 0 spiro atoms. The van der Waals surface area contributed by atoms with E-state index in [1.165, 1.54) is 4.90 Å². The summed E-state index contributed by atoms with van der Waals surface area (Å²) in [6.45, 7) is 0.0222. The van der Waals surface area contributed by atoms with Crippen molar-refractivity contribution < 1.29 is 22.7 Å². The molecule has 2 rings (SSSR count). The molecule has 15 heavy (non-hydrogen) atoms. The van der Waals surface area contributed by atoms with Crippen molar-refractivity contribution >= 4 is 6.03 Å². The quantitative estimate of drug-likeness (QED) is 0.762. The van der Waals surface area contributed by atoms with Crippen molar-refractivity contribution in [1.82, 2.24) is 10.2 Å². The number of carbonyl (C=O) groups excluding carboxylic acids is 1. The highest BCUT2D eigenvalue weighted by molar-refractivity contribution is 5.77. The monoisotopic (exact) mass is 224 g/mol. The molecule has 2 aliphatic heterocycles. The van der Waals surface area contributed by atoms with Gasteiger partial charge in [-0.3, -0.25) is 4.74 Å². The average Bonchev–Trinajstić information content (AvgIpc) is 2.41. The maximum atomic E-state index is 11.8. The van der Waals surface area contributed by atoms with Crippen LogP contribution < -0.4 is 5.32 Å². The number of urea groups is 1. The van der Waals surface area contributed by atoms with Gasteiger partial charge in [-0.2, -0.15) is 0 Å². The zero-order valence-corrected chi connectivity index (χ0v) is 7.88. The molecule has 0 aromatic carbocycles. The molecular weight excluding hydrogens is 213 g/mol. The van der Waals surface area contributed by atoms with Gasteiger partial charge in [0.2, 0.25) is 0 Å². The second kappa shape index (κ2) is 3.55. The maximum absolute atomic E-state index is 11.8. The molecule has 2 amide bonds. The van der Waals surface area contributed by atoms with E-state index in [0.717, 1.165) is 0 Å². The number of alkyl halides is 3. The lowest BCUT2D eigenvalue weighted by Crippen LogP contribution is -2.43. The van der Waals surface area contributed by atoms with Crippen molar-refractivity contribution in [2.75, 3.05) is 13.2 Å². The number of amides is 2. The lowest BCUT2D eigenvalue weighted by Gasteiger charge is -2.30. The van der Waals surface area contributed by atoms with Crippen LogP contribution in [0.2, 0.25) is 0 Å². The van der Waals surface area contributed by atoms with E-state index in [1.54, 1.807) is 0 Å². The SMILES string of the molecule is O=C1N[C@H]2CC[C@@H](COC(F)(F)F)N1C2. The third kappa shape index (κ3) is 2.34. The van der Waals surface area contributed by atoms with Gasteiger partial charge in [0.15, 0.2) is 0 Å². The third-order valence-electron chi connectivity index (χ3n) is 2.73. The minimum atomic E-state index is -4.62. The van der Waals surface area contributed by atoms with E-state index in [1.807, 2.05) is 0 Å². The fourth-order valence-electron chi connectivity index (χ4n) is 2.02. The topological polar surface area (TPSA) is 41.6 Å². The summed E-state index contributed by atoms with van der Waals surface area (Å²) in [5.41, 5.74) is 0. The Morgan fingerprint density at radius 2 is 2.20 bits per heavy atom. The first-order valence-electron chi connectivity index (χ1n) is 4.73. The minimum Gasteiger partial charge on any atom is -0.333 e. The fraction of sp³-hybridized carbons (Fsp3) is 0.875. The third-order valence-corrected chi connectivity index (χ3v) is 2.73. The van der Waals surface area contributed by atoms with E-state index in [2.05, 4.69) is 10.1 Å². The second-order valence-corrected chi connectivity index (χ2v) is 3.79. The van der Waals surface area contributed by atoms with Crippen molar-refractivity contribution in [1.29, 1.82) is 0 Å². The molecule has 2 bridgehead atoms. The lowest BCUT2D eigenvalue weighted by atomic mass is 10.0. The molecule has 2 saturated heterocycles. The van der Waals surface area contributed by atoms with Crippen molar-refractivity contribution in [3.63, 3.8) is 0 Å². The van der Waals surface area contributed by atoms with Crippen LogP contribution in [0.5, 0.6) is 0 Å². The van der Waals surface area contributed by atoms with Crippen molar-refractivity contribution in [2.45, 2.75) is 31.3 Å². The molecule has 0 aromatic heterocycles. The van der Waals surface area contributed by atoms with Gasteiger partial charge in [-0.25, -0.2) is 4.79 Å². The molecule has 7 heteroatoms. The van der Waals surface area contributed by atoms with Gasteiger partial charge in [0.1, 0.15) is 0 Å². The summed E-state index contributed by atoms with van der Waals surface area (Å²) >= 11 is 0. The van der Waals surface area contributed by atoms with E-state index in [4.69, 9.17) is 0 Å². The normalized spacial score (nSPS) is 30.6. The predicted molar refractivity (Wildman–Crippen MR) is 44.1 cm³/mol. The predicted octanol–water partition coefficient (Wildman–Crippen LogP) is 1.08. The molecule has 2 aliphatic rings. The summed E-state index contributed by atoms with van der Waals surface area (Å²) in [5, 5.41) is 2.69. The van der Waals surface area contributed by atoms with Crippen LogP contribution in [0, 0.1) is 0 Å². The zero-order chi connectivity index (χ0) is 11.1. The van der Waals surface area contributed by atoms with E-state index >= 15 is 0 Å². The minimum absolute atomic E-state index is 0.0969. The first-order valence-corrected chi connectivity index (χ1v) is 4.73. The molecule has 0 unspecified atom stereocenters. The van der Waals surface area contributed by atoms with E-state index < -0.39 is 19.0 Å². The molecule has 2 heterocycles. The Bertz CT molecular complexity index is 269. The van der Waals surface area contributed by atoms with Gasteiger partial charge in [-0.1, -0.05) is 0 Å². The van der Waals surface area contributed by atoms with Crippen LogP contribution in [0.1, 0.15) is 12.8 Å². The summed E-state index contributed by atoms with van der Waals surface area (Å²) in [7, 11) is 0. The fourth-order valence-corrected chi connectivity index (χ4v) is 2.02. The van der Waals surface area contributed by atoms with Gasteiger partial charge in [0.25, 0.3) is 0 Å². The largest absolute Gasteiger partial charge is 0.522 e. The van der Waals surface area contributed by atoms with Crippen LogP contribution >= 0.6 is 0 Å². The maximum Gasteiger partial charge on any atom is 0.522 e. The molecule has 2 atom stereocenters. The van der Waals surface area contributed by atoms with Gasteiger partial charge in [0, 0.05) is 12.6 Å². The van der Waals surface area contributed by atoms with E-state index in [9.17, 15) is 18.0 Å². The molecule has 1 N–H and O–H groups in total. The van der Waals surface area contributed by atoms with Gasteiger partial charge in [-0.05, 0) is 12.8 Å². The summed E-state index contributed by atoms with van der Waals surface area (Å²) in [4.78, 5) is 12.7. The van der Waals surface area contributed by atoms with Crippen LogP contribution in [-0.2, 0) is 4.74 Å². The molecule has 86 valence electrons. The van der Waals surface area contributed by atoms with Crippen LogP contribution in [0.3, 0.4) is 0 Å². The number of piperidine rings is 1. The van der Waals surface area contributed by atoms with Crippen LogP contribution in [0.4, 0.5) is 18.0 Å². The highest BCUT2D eigenvalue weighted by Gasteiger charge is 2.40. The molecule has 0 saturated carbocycles. The molecule has 0 radical (unpaired) electrons. The average molecular weight is 224 g/mol. The number of nitrogens with zero attached hydrogens (tertiary/aromatic N) is 1. The first-order chi connectivity index (χ1) is 6.96. The highest BCUT2D eigenvalue weighted by atomic mass is 19.4. The van der Waals surface area contributed by atoms with Crippen LogP contribution in [0.15, 0.2) is 0 Å². The highest BCUT2D eigenvalue weighted by Crippen LogP contribution is 2.25. The summed E-state index contributed by atoms with van der Waals surface area (Å²) in [6, 6.07) is -0.640. The number of nitrogens with one attached hydrogen (secondary N) is 1. The summed E-state index contributed by atoms with van der Waals surface area (Å²) in [5.74, 6) is 0. The van der Waals surface area contributed by atoms with Gasteiger partial charge in [0.05, 0.1) is 12.6 Å². The number of rotatable bonds is 2. The number of hydrogen-bond acceptors (Lipinski definition) is 2. The van der Waals surface area contributed by atoms with Gasteiger partial charge < -0.3 is 10.2 Å². The second-order valence-electron chi connectivity index (χ2n) is 3.79. The Morgan fingerprint density at radius 3 is 2.87 bits per heavy atom. The molecule has 0 aromatic rings. The van der Waals surface area contributed by atoms with Crippen LogP contribution in [-0.4, -0.2) is 42.5 Å². The Labute approximate surface area is 84.4 Å². The van der Waals surface area contributed by atoms with Crippen molar-refractivity contribution in [3.05, 3.63) is 0 Å². The Kier molecular flexibility index (Phi) is 2.49. The zero-order valence-electron chi connectivity index (χ0n) is 7.88.